The fourth-order valence-electron chi connectivity index (χ4n) is 4.10. The summed E-state index contributed by atoms with van der Waals surface area (Å²) in [6, 6.07) is 20.9. The molecule has 7 heteroatoms. The predicted octanol–water partition coefficient (Wildman–Crippen LogP) is 3.84. The molecule has 33 heavy (non-hydrogen) atoms. The van der Waals surface area contributed by atoms with Crippen molar-refractivity contribution in [3.63, 3.8) is 0 Å². The lowest BCUT2D eigenvalue weighted by molar-refractivity contribution is -0.133. The smallest absolute Gasteiger partial charge is 0.262 e. The third-order valence-electron chi connectivity index (χ3n) is 5.88. The summed E-state index contributed by atoms with van der Waals surface area (Å²) in [5.74, 6) is 0.602. The van der Waals surface area contributed by atoms with Crippen LogP contribution in [0, 0.1) is 0 Å². The first-order valence-corrected chi connectivity index (χ1v) is 12.1. The fourth-order valence-corrected chi connectivity index (χ4v) is 4.72. The van der Waals surface area contributed by atoms with Crippen LogP contribution >= 0.6 is 11.3 Å². The minimum absolute atomic E-state index is 0.0275. The zero-order valence-corrected chi connectivity index (χ0v) is 19.6. The Balaban J connectivity index is 1.45. The van der Waals surface area contributed by atoms with Gasteiger partial charge in [-0.15, -0.1) is 11.3 Å². The number of ether oxygens (including phenoxy) is 1. The molecule has 1 unspecified atom stereocenters. The van der Waals surface area contributed by atoms with Crippen LogP contribution in [0.25, 0.3) is 0 Å². The second-order valence-electron chi connectivity index (χ2n) is 8.06. The summed E-state index contributed by atoms with van der Waals surface area (Å²) < 4.78 is 5.26. The molecular formula is C26H29N3O3S. The molecule has 2 aromatic carbocycles. The van der Waals surface area contributed by atoms with E-state index in [1.165, 1.54) is 11.3 Å². The molecule has 0 spiro atoms. The number of carbonyl (C=O) groups excluding carboxylic acids is 2. The summed E-state index contributed by atoms with van der Waals surface area (Å²) in [7, 11) is 1.66. The number of nitrogens with one attached hydrogen (secondary N) is 1. The SMILES string of the molecule is COc1ccc(N2CCCN(C(=O)C(Cc3ccccc3)NC(=O)c3cccs3)CC2)cc1. The number of hydrogen-bond donors (Lipinski definition) is 1. The summed E-state index contributed by atoms with van der Waals surface area (Å²) in [4.78, 5) is 31.1. The number of benzene rings is 2. The van der Waals surface area contributed by atoms with Crippen molar-refractivity contribution in [2.24, 2.45) is 0 Å². The van der Waals surface area contributed by atoms with E-state index in [1.54, 1.807) is 13.2 Å². The van der Waals surface area contributed by atoms with Crippen LogP contribution in [0.4, 0.5) is 5.69 Å². The Kier molecular flexibility index (Phi) is 7.62. The molecule has 0 saturated carbocycles. The number of methoxy groups -OCH3 is 1. The standard InChI is InChI=1S/C26H29N3O3S/c1-32-22-12-10-21(11-13-22)28-14-6-15-29(17-16-28)26(31)23(19-20-7-3-2-4-8-20)27-25(30)24-9-5-18-33-24/h2-5,7-13,18,23H,6,14-17,19H2,1H3,(H,27,30). The molecule has 1 atom stereocenters. The highest BCUT2D eigenvalue weighted by atomic mass is 32.1. The van der Waals surface area contributed by atoms with Gasteiger partial charge in [-0.2, -0.15) is 0 Å². The predicted molar refractivity (Wildman–Crippen MR) is 132 cm³/mol. The fraction of sp³-hybridized carbons (Fsp3) is 0.308. The number of thiophene rings is 1. The van der Waals surface area contributed by atoms with Crippen molar-refractivity contribution in [1.82, 2.24) is 10.2 Å². The lowest BCUT2D eigenvalue weighted by Crippen LogP contribution is -2.50. The number of carbonyl (C=O) groups is 2. The molecule has 1 saturated heterocycles. The number of rotatable bonds is 7. The molecule has 1 N–H and O–H groups in total. The van der Waals surface area contributed by atoms with Crippen LogP contribution in [0.1, 0.15) is 21.7 Å². The van der Waals surface area contributed by atoms with Gasteiger partial charge in [0.25, 0.3) is 5.91 Å². The van der Waals surface area contributed by atoms with Crippen LogP contribution in [-0.4, -0.2) is 56.0 Å². The topological polar surface area (TPSA) is 61.9 Å². The molecule has 1 aliphatic rings. The number of hydrogen-bond acceptors (Lipinski definition) is 5. The molecule has 0 bridgehead atoms. The Labute approximate surface area is 198 Å². The van der Waals surface area contributed by atoms with Gasteiger partial charge in [-0.1, -0.05) is 36.4 Å². The first-order chi connectivity index (χ1) is 16.1. The van der Waals surface area contributed by atoms with E-state index in [0.717, 1.165) is 36.5 Å². The molecule has 1 fully saturated rings. The van der Waals surface area contributed by atoms with Gasteiger partial charge in [0.2, 0.25) is 5.91 Å². The van der Waals surface area contributed by atoms with E-state index >= 15 is 0 Å². The highest BCUT2D eigenvalue weighted by Crippen LogP contribution is 2.21. The summed E-state index contributed by atoms with van der Waals surface area (Å²) in [5, 5.41) is 4.86. The zero-order valence-electron chi connectivity index (χ0n) is 18.8. The van der Waals surface area contributed by atoms with E-state index in [0.29, 0.717) is 24.4 Å². The van der Waals surface area contributed by atoms with Gasteiger partial charge in [-0.05, 0) is 47.7 Å². The van der Waals surface area contributed by atoms with Gasteiger partial charge in [0.15, 0.2) is 0 Å². The molecule has 3 aromatic rings. The van der Waals surface area contributed by atoms with Crippen LogP contribution in [0.3, 0.4) is 0 Å². The maximum Gasteiger partial charge on any atom is 0.262 e. The largest absolute Gasteiger partial charge is 0.497 e. The van der Waals surface area contributed by atoms with Gasteiger partial charge in [0, 0.05) is 38.3 Å². The lowest BCUT2D eigenvalue weighted by atomic mass is 10.0. The highest BCUT2D eigenvalue weighted by Gasteiger charge is 2.28. The number of amides is 2. The van der Waals surface area contributed by atoms with Crippen LogP contribution in [0.2, 0.25) is 0 Å². The Morgan fingerprint density at radius 3 is 2.45 bits per heavy atom. The Morgan fingerprint density at radius 1 is 0.970 bits per heavy atom. The van der Waals surface area contributed by atoms with Crippen LogP contribution in [0.15, 0.2) is 72.1 Å². The van der Waals surface area contributed by atoms with E-state index in [1.807, 2.05) is 58.8 Å². The van der Waals surface area contributed by atoms with Crippen LogP contribution in [0.5, 0.6) is 5.75 Å². The van der Waals surface area contributed by atoms with Crippen molar-refractivity contribution in [1.29, 1.82) is 0 Å². The molecule has 4 rings (SSSR count). The normalized spacial score (nSPS) is 14.9. The van der Waals surface area contributed by atoms with Gasteiger partial charge >= 0.3 is 0 Å². The molecule has 1 aromatic heterocycles. The van der Waals surface area contributed by atoms with Gasteiger partial charge < -0.3 is 19.9 Å². The van der Waals surface area contributed by atoms with Gasteiger partial charge in [0.1, 0.15) is 11.8 Å². The third-order valence-corrected chi connectivity index (χ3v) is 6.74. The summed E-state index contributed by atoms with van der Waals surface area (Å²) in [5.41, 5.74) is 2.15. The summed E-state index contributed by atoms with van der Waals surface area (Å²) in [6.45, 7) is 2.91. The van der Waals surface area contributed by atoms with E-state index in [-0.39, 0.29) is 11.8 Å². The number of nitrogens with zero attached hydrogens (tertiary/aromatic N) is 2. The van der Waals surface area contributed by atoms with Crippen molar-refractivity contribution < 1.29 is 14.3 Å². The van der Waals surface area contributed by atoms with Crippen LogP contribution in [-0.2, 0) is 11.2 Å². The average Bonchev–Trinajstić information content (AvgIpc) is 3.29. The molecule has 2 amide bonds. The molecule has 0 radical (unpaired) electrons. The van der Waals surface area contributed by atoms with E-state index in [4.69, 9.17) is 4.74 Å². The maximum atomic E-state index is 13.6. The van der Waals surface area contributed by atoms with Crippen molar-refractivity contribution in [2.75, 3.05) is 38.2 Å². The van der Waals surface area contributed by atoms with E-state index < -0.39 is 6.04 Å². The van der Waals surface area contributed by atoms with Crippen molar-refractivity contribution in [2.45, 2.75) is 18.9 Å². The second kappa shape index (κ2) is 11.0. The Hall–Kier alpha value is -3.32. The maximum absolute atomic E-state index is 13.6. The average molecular weight is 464 g/mol. The van der Waals surface area contributed by atoms with Gasteiger partial charge in [-0.25, -0.2) is 0 Å². The minimum Gasteiger partial charge on any atom is -0.497 e. The minimum atomic E-state index is -0.602. The summed E-state index contributed by atoms with van der Waals surface area (Å²) in [6.07, 6.45) is 1.34. The Morgan fingerprint density at radius 2 is 1.76 bits per heavy atom. The molecule has 0 aliphatic carbocycles. The Bertz CT molecular complexity index is 1040. The monoisotopic (exact) mass is 463 g/mol. The summed E-state index contributed by atoms with van der Waals surface area (Å²) >= 11 is 1.38. The van der Waals surface area contributed by atoms with Gasteiger partial charge in [-0.3, -0.25) is 9.59 Å². The highest BCUT2D eigenvalue weighted by molar-refractivity contribution is 7.12. The zero-order chi connectivity index (χ0) is 23.0. The quantitative estimate of drug-likeness (QED) is 0.578. The number of anilines is 1. The van der Waals surface area contributed by atoms with E-state index in [9.17, 15) is 9.59 Å². The molecule has 6 nitrogen and oxygen atoms in total. The molecule has 172 valence electrons. The van der Waals surface area contributed by atoms with Crippen molar-refractivity contribution >= 4 is 28.8 Å². The molecular weight excluding hydrogens is 434 g/mol. The van der Waals surface area contributed by atoms with Crippen molar-refractivity contribution in [3.8, 4) is 5.75 Å². The first kappa shape index (κ1) is 22.9. The molecule has 1 aliphatic heterocycles. The second-order valence-corrected chi connectivity index (χ2v) is 9.00. The van der Waals surface area contributed by atoms with Crippen LogP contribution < -0.4 is 15.0 Å². The van der Waals surface area contributed by atoms with Crippen molar-refractivity contribution in [3.05, 3.63) is 82.6 Å². The first-order valence-electron chi connectivity index (χ1n) is 11.2. The third kappa shape index (κ3) is 5.93. The van der Waals surface area contributed by atoms with Gasteiger partial charge in [0.05, 0.1) is 12.0 Å². The lowest BCUT2D eigenvalue weighted by Gasteiger charge is -2.27. The molecule has 2 heterocycles. The van der Waals surface area contributed by atoms with E-state index in [2.05, 4.69) is 22.3 Å².